The highest BCUT2D eigenvalue weighted by Crippen LogP contribution is 2.05. The lowest BCUT2D eigenvalue weighted by molar-refractivity contribution is -0.169. The lowest BCUT2D eigenvalue weighted by atomic mass is 10.1. The molecule has 0 aliphatic rings. The van der Waals surface area contributed by atoms with Gasteiger partial charge in [-0.25, -0.2) is 9.59 Å². The number of hydrogen-bond acceptors (Lipinski definition) is 7. The van der Waals surface area contributed by atoms with E-state index in [1.54, 1.807) is 13.8 Å². The van der Waals surface area contributed by atoms with Gasteiger partial charge in [0.15, 0.2) is 6.10 Å². The number of nitrogens with zero attached hydrogens (tertiary/aromatic N) is 1. The Kier molecular flexibility index (Phi) is 9.21. The number of ether oxygens (including phenoxy) is 2. The third-order valence-electron chi connectivity index (χ3n) is 2.61. The predicted molar refractivity (Wildman–Crippen MR) is 75.7 cm³/mol. The fraction of sp³-hybridized carbons (Fsp3) is 0.692. The molecule has 0 rings (SSSR count). The average molecular weight is 332 g/mol. The summed E-state index contributed by atoms with van der Waals surface area (Å²) in [7, 11) is 0. The van der Waals surface area contributed by atoms with E-state index in [1.165, 1.54) is 6.92 Å². The lowest BCUT2D eigenvalue weighted by Crippen LogP contribution is -2.43. The van der Waals surface area contributed by atoms with Crippen LogP contribution in [0.2, 0.25) is 0 Å². The summed E-state index contributed by atoms with van der Waals surface area (Å²) in [5, 5.41) is 20.4. The summed E-state index contributed by atoms with van der Waals surface area (Å²) in [6.45, 7) is 4.55. The van der Waals surface area contributed by atoms with E-state index < -0.39 is 42.4 Å². The largest absolute Gasteiger partial charge is 0.480 e. The first-order valence-electron chi connectivity index (χ1n) is 6.95. The molecule has 0 aromatic carbocycles. The van der Waals surface area contributed by atoms with Crippen LogP contribution in [0.4, 0.5) is 4.79 Å². The summed E-state index contributed by atoms with van der Waals surface area (Å²) in [6.07, 6.45) is -2.50. The number of amides is 1. The molecule has 0 fully saturated rings. The van der Waals surface area contributed by atoms with Gasteiger partial charge in [-0.15, -0.1) is 0 Å². The van der Waals surface area contributed by atoms with Crippen molar-refractivity contribution in [2.45, 2.75) is 52.0 Å². The summed E-state index contributed by atoms with van der Waals surface area (Å²) in [5.41, 5.74) is 6.54. The van der Waals surface area contributed by atoms with Gasteiger partial charge in [-0.1, -0.05) is 13.8 Å². The topological polar surface area (TPSA) is 160 Å². The summed E-state index contributed by atoms with van der Waals surface area (Å²) >= 11 is 0. The summed E-state index contributed by atoms with van der Waals surface area (Å²) in [5.74, 6) is -2.27. The molecule has 0 aromatic rings. The smallest absolute Gasteiger partial charge is 0.410 e. The number of aliphatic hydroxyl groups is 1. The van der Waals surface area contributed by atoms with Crippen molar-refractivity contribution in [3.8, 4) is 0 Å². The molecule has 0 saturated carbocycles. The molecule has 2 unspecified atom stereocenters. The van der Waals surface area contributed by atoms with Crippen molar-refractivity contribution in [1.29, 1.82) is 5.53 Å². The van der Waals surface area contributed by atoms with Gasteiger partial charge < -0.3 is 25.0 Å². The molecule has 0 aliphatic heterocycles. The van der Waals surface area contributed by atoms with E-state index in [0.717, 1.165) is 6.21 Å². The van der Waals surface area contributed by atoms with E-state index in [9.17, 15) is 19.5 Å². The van der Waals surface area contributed by atoms with Gasteiger partial charge >= 0.3 is 24.2 Å². The second kappa shape index (κ2) is 10.3. The highest BCUT2D eigenvalue weighted by atomic mass is 16.7. The zero-order valence-corrected chi connectivity index (χ0v) is 13.2. The van der Waals surface area contributed by atoms with E-state index >= 15 is 0 Å². The molecule has 23 heavy (non-hydrogen) atoms. The van der Waals surface area contributed by atoms with Crippen LogP contribution in [0.15, 0.2) is 0 Å². The minimum absolute atomic E-state index is 0.0164. The van der Waals surface area contributed by atoms with Crippen LogP contribution in [0.3, 0.4) is 0 Å². The average Bonchev–Trinajstić information content (AvgIpc) is 2.42. The van der Waals surface area contributed by atoms with Crippen LogP contribution >= 0.6 is 0 Å². The van der Waals surface area contributed by atoms with Crippen LogP contribution in [0, 0.1) is 11.4 Å². The number of hydrogen-bond donors (Lipinski definition) is 4. The van der Waals surface area contributed by atoms with Crippen molar-refractivity contribution in [1.82, 2.24) is 5.32 Å². The number of carboxylic acid groups (broad SMARTS) is 1. The van der Waals surface area contributed by atoms with Crippen LogP contribution < -0.4 is 5.32 Å². The molecule has 3 atom stereocenters. The van der Waals surface area contributed by atoms with Gasteiger partial charge in [-0.2, -0.15) is 0 Å². The van der Waals surface area contributed by atoms with E-state index in [1.807, 2.05) is 0 Å². The maximum atomic E-state index is 11.6. The fourth-order valence-corrected chi connectivity index (χ4v) is 1.41. The standard InChI is InChI=1S/C13H21N3O7/c1-7(2)12(20)22-8(3)23-13(21)16-10(11(18)19)5-4-9(17)6-15-14/h6-10,14,17H,4-5H2,1-3H3,(H-,16,18,19,21)/p+1/t8?,9?,10-/m0/s1. The van der Waals surface area contributed by atoms with Crippen molar-refractivity contribution < 1.29 is 38.9 Å². The second-order valence-electron chi connectivity index (χ2n) is 5.02. The Morgan fingerprint density at radius 3 is 2.30 bits per heavy atom. The van der Waals surface area contributed by atoms with Crippen molar-refractivity contribution in [3.05, 3.63) is 0 Å². The van der Waals surface area contributed by atoms with Gasteiger partial charge in [0.05, 0.1) is 11.4 Å². The minimum Gasteiger partial charge on any atom is -0.480 e. The first-order valence-corrected chi connectivity index (χ1v) is 6.95. The summed E-state index contributed by atoms with van der Waals surface area (Å²) in [6, 6.07) is -1.30. The summed E-state index contributed by atoms with van der Waals surface area (Å²) in [4.78, 5) is 36.8. The predicted octanol–water partition coefficient (Wildman–Crippen LogP) is 0.162. The monoisotopic (exact) mass is 332 g/mol. The van der Waals surface area contributed by atoms with Gasteiger partial charge in [0, 0.05) is 11.7 Å². The van der Waals surface area contributed by atoms with Crippen LogP contribution in [0.1, 0.15) is 33.6 Å². The molecule has 130 valence electrons. The molecule has 10 heteroatoms. The second-order valence-corrected chi connectivity index (χ2v) is 5.02. The Morgan fingerprint density at radius 2 is 1.83 bits per heavy atom. The zero-order chi connectivity index (χ0) is 18.0. The Labute approximate surface area is 133 Å². The molecule has 0 spiro atoms. The number of aliphatic hydroxyl groups excluding tert-OH is 1. The van der Waals surface area contributed by atoms with Gasteiger partial charge in [-0.3, -0.25) is 4.79 Å². The Bertz CT molecular complexity index is 474. The van der Waals surface area contributed by atoms with Crippen molar-refractivity contribution in [2.75, 3.05) is 0 Å². The summed E-state index contributed by atoms with van der Waals surface area (Å²) < 4.78 is 9.54. The minimum atomic E-state index is -1.32. The Hall–Kier alpha value is -2.45. The van der Waals surface area contributed by atoms with Crippen molar-refractivity contribution >= 4 is 24.2 Å². The maximum absolute atomic E-state index is 11.6. The fourth-order valence-electron chi connectivity index (χ4n) is 1.41. The molecule has 0 heterocycles. The lowest BCUT2D eigenvalue weighted by Gasteiger charge is -2.18. The molecule has 0 saturated heterocycles. The number of alkyl carbamates (subject to hydrolysis) is 1. The van der Waals surface area contributed by atoms with Crippen LogP contribution in [0.5, 0.6) is 0 Å². The van der Waals surface area contributed by atoms with E-state index in [2.05, 4.69) is 10.1 Å². The SMILES string of the molecule is CC(OC(=O)N[C@@H](CCC(O)C=[N+]=N)C(=O)O)OC(=O)C(C)C. The number of rotatable bonds is 9. The first-order chi connectivity index (χ1) is 10.7. The van der Waals surface area contributed by atoms with Gasteiger partial charge in [0.1, 0.15) is 6.04 Å². The molecule has 0 bridgehead atoms. The van der Waals surface area contributed by atoms with E-state index in [4.69, 9.17) is 20.1 Å². The number of carbonyl (C=O) groups excluding carboxylic acids is 2. The first kappa shape index (κ1) is 20.6. The molecule has 10 nitrogen and oxygen atoms in total. The van der Waals surface area contributed by atoms with E-state index in [0.29, 0.717) is 0 Å². The van der Waals surface area contributed by atoms with Crippen LogP contribution in [0.25, 0.3) is 0 Å². The van der Waals surface area contributed by atoms with Crippen LogP contribution in [-0.2, 0) is 19.1 Å². The van der Waals surface area contributed by atoms with Gasteiger partial charge in [-0.05, 0) is 12.8 Å². The molecule has 4 N–H and O–H groups in total. The Balaban J connectivity index is 4.42. The quantitative estimate of drug-likeness (QED) is 0.154. The number of esters is 1. The molecular weight excluding hydrogens is 310 g/mol. The van der Waals surface area contributed by atoms with Gasteiger partial charge in [0.25, 0.3) is 0 Å². The normalized spacial score (nSPS) is 14.1. The molecule has 0 radical (unpaired) electrons. The van der Waals surface area contributed by atoms with Gasteiger partial charge in [0.2, 0.25) is 6.29 Å². The highest BCUT2D eigenvalue weighted by molar-refractivity contribution is 5.80. The Morgan fingerprint density at radius 1 is 1.22 bits per heavy atom. The van der Waals surface area contributed by atoms with E-state index in [-0.39, 0.29) is 12.8 Å². The maximum Gasteiger partial charge on any atom is 0.410 e. The third kappa shape index (κ3) is 9.22. The molecule has 1 amide bonds. The number of carbonyl (C=O) groups is 3. The van der Waals surface area contributed by atoms with Crippen molar-refractivity contribution in [3.63, 3.8) is 0 Å². The third-order valence-corrected chi connectivity index (χ3v) is 2.61. The molecule has 0 aliphatic carbocycles. The van der Waals surface area contributed by atoms with Crippen molar-refractivity contribution in [2.24, 2.45) is 5.92 Å². The number of aliphatic carboxylic acids is 1. The molecular formula is C13H22N3O7+. The number of carboxylic acids is 1. The van der Waals surface area contributed by atoms with Crippen LogP contribution in [-0.4, -0.2) is 57.7 Å². The molecule has 0 aromatic heterocycles. The highest BCUT2D eigenvalue weighted by Gasteiger charge is 2.24. The zero-order valence-electron chi connectivity index (χ0n) is 13.2. The number of nitrogens with one attached hydrogen (secondary N) is 2.